The van der Waals surface area contributed by atoms with E-state index in [4.69, 9.17) is 5.14 Å². The minimum atomic E-state index is -3.81. The maximum absolute atomic E-state index is 12.9. The first-order valence-electron chi connectivity index (χ1n) is 9.89. The summed E-state index contributed by atoms with van der Waals surface area (Å²) in [5, 5.41) is 16.7. The van der Waals surface area contributed by atoms with E-state index in [2.05, 4.69) is 4.72 Å². The van der Waals surface area contributed by atoms with Gasteiger partial charge in [-0.05, 0) is 43.7 Å². The number of piperidine rings is 2. The fourth-order valence-electron chi connectivity index (χ4n) is 4.02. The summed E-state index contributed by atoms with van der Waals surface area (Å²) in [6.45, 7) is 1.95. The number of nitrogens with zero attached hydrogens (tertiary/aromatic N) is 3. The van der Waals surface area contributed by atoms with Crippen LogP contribution in [0.1, 0.15) is 32.1 Å². The molecule has 1 aromatic carbocycles. The highest BCUT2D eigenvalue weighted by atomic mass is 32.2. The number of nitrogens with two attached hydrogens (primary N) is 1. The summed E-state index contributed by atoms with van der Waals surface area (Å²) in [5.74, 6) is -0.0616. The van der Waals surface area contributed by atoms with Crippen molar-refractivity contribution in [3.05, 3.63) is 28.3 Å². The molecular formula is C17H27N5O6S2. The van der Waals surface area contributed by atoms with E-state index in [0.717, 1.165) is 38.2 Å². The topological polar surface area (TPSA) is 156 Å². The maximum Gasteiger partial charge on any atom is 0.293 e. The number of hydrogen-bond donors (Lipinski definition) is 2. The van der Waals surface area contributed by atoms with E-state index >= 15 is 0 Å². The van der Waals surface area contributed by atoms with Crippen LogP contribution in [-0.4, -0.2) is 58.8 Å². The summed E-state index contributed by atoms with van der Waals surface area (Å²) in [6, 6.07) is 4.02. The monoisotopic (exact) mass is 461 g/mol. The van der Waals surface area contributed by atoms with Crippen molar-refractivity contribution in [2.45, 2.75) is 37.0 Å². The molecular weight excluding hydrogens is 434 g/mol. The minimum absolute atomic E-state index is 0.0616. The van der Waals surface area contributed by atoms with Crippen molar-refractivity contribution in [1.29, 1.82) is 0 Å². The van der Waals surface area contributed by atoms with Crippen LogP contribution in [0.25, 0.3) is 0 Å². The summed E-state index contributed by atoms with van der Waals surface area (Å²) in [5.41, 5.74) is 0.0611. The summed E-state index contributed by atoms with van der Waals surface area (Å²) in [6.07, 6.45) is 4.01. The van der Waals surface area contributed by atoms with Gasteiger partial charge < -0.3 is 4.90 Å². The largest absolute Gasteiger partial charge is 0.366 e. The Kier molecular flexibility index (Phi) is 6.97. The lowest BCUT2D eigenvalue weighted by Gasteiger charge is -2.34. The molecule has 2 heterocycles. The van der Waals surface area contributed by atoms with Gasteiger partial charge in [-0.3, -0.25) is 10.1 Å². The standard InChI is InChI=1S/C17H27N5O6S2/c18-30(27,28)19-12-14-5-4-8-20(13-14)16-7-6-15(11-17(16)22(23)24)29(25,26)21-9-2-1-3-10-21/h6-7,11,14,19H,1-5,8-10,12-13H2,(H2,18,27,28)/t14-/m1/s1. The van der Waals surface area contributed by atoms with Crippen molar-refractivity contribution in [1.82, 2.24) is 9.03 Å². The molecule has 2 aliphatic heterocycles. The number of sulfonamides is 1. The number of benzene rings is 1. The molecule has 13 heteroatoms. The lowest BCUT2D eigenvalue weighted by atomic mass is 9.97. The van der Waals surface area contributed by atoms with Gasteiger partial charge in [-0.15, -0.1) is 0 Å². The Bertz CT molecular complexity index is 992. The molecule has 0 radical (unpaired) electrons. The molecule has 2 aliphatic rings. The van der Waals surface area contributed by atoms with E-state index in [1.54, 1.807) is 4.90 Å². The van der Waals surface area contributed by atoms with Crippen LogP contribution < -0.4 is 14.8 Å². The maximum atomic E-state index is 12.9. The van der Waals surface area contributed by atoms with Gasteiger partial charge in [0, 0.05) is 38.8 Å². The molecule has 0 spiro atoms. The van der Waals surface area contributed by atoms with Crippen molar-refractivity contribution in [2.24, 2.45) is 11.1 Å². The normalized spacial score (nSPS) is 21.5. The van der Waals surface area contributed by atoms with E-state index in [0.29, 0.717) is 31.9 Å². The first-order valence-corrected chi connectivity index (χ1v) is 12.9. The molecule has 2 fully saturated rings. The number of rotatable bonds is 7. The van der Waals surface area contributed by atoms with E-state index in [1.807, 2.05) is 0 Å². The molecule has 0 unspecified atom stereocenters. The number of nitro groups is 1. The molecule has 0 aromatic heterocycles. The average molecular weight is 462 g/mol. The van der Waals surface area contributed by atoms with Crippen LogP contribution in [0.3, 0.4) is 0 Å². The molecule has 168 valence electrons. The van der Waals surface area contributed by atoms with Gasteiger partial charge in [0.15, 0.2) is 0 Å². The first-order chi connectivity index (χ1) is 14.1. The molecule has 30 heavy (non-hydrogen) atoms. The fraction of sp³-hybridized carbons (Fsp3) is 0.647. The van der Waals surface area contributed by atoms with Crippen LogP contribution in [0.15, 0.2) is 23.1 Å². The molecule has 3 rings (SSSR count). The predicted molar refractivity (Wildman–Crippen MR) is 112 cm³/mol. The van der Waals surface area contributed by atoms with Gasteiger partial charge in [0.1, 0.15) is 5.69 Å². The molecule has 0 amide bonds. The van der Waals surface area contributed by atoms with Gasteiger partial charge >= 0.3 is 0 Å². The van der Waals surface area contributed by atoms with E-state index in [1.165, 1.54) is 16.4 Å². The van der Waals surface area contributed by atoms with Gasteiger partial charge in [-0.1, -0.05) is 6.42 Å². The van der Waals surface area contributed by atoms with Crippen LogP contribution in [0, 0.1) is 16.0 Å². The first kappa shape index (κ1) is 22.9. The molecule has 1 aromatic rings. The number of anilines is 1. The highest BCUT2D eigenvalue weighted by Gasteiger charge is 2.31. The Morgan fingerprint density at radius 2 is 1.80 bits per heavy atom. The van der Waals surface area contributed by atoms with Crippen molar-refractivity contribution in [2.75, 3.05) is 37.6 Å². The summed E-state index contributed by atoms with van der Waals surface area (Å²) >= 11 is 0. The van der Waals surface area contributed by atoms with Gasteiger partial charge in [0.25, 0.3) is 15.9 Å². The third kappa shape index (κ3) is 5.46. The van der Waals surface area contributed by atoms with Crippen LogP contribution in [0.4, 0.5) is 11.4 Å². The molecule has 1 atom stereocenters. The predicted octanol–water partition coefficient (Wildman–Crippen LogP) is 0.779. The lowest BCUT2D eigenvalue weighted by molar-refractivity contribution is -0.384. The Labute approximate surface area is 176 Å². The van der Waals surface area contributed by atoms with Crippen LogP contribution in [-0.2, 0) is 20.2 Å². The molecule has 0 saturated carbocycles. The molecule has 11 nitrogen and oxygen atoms in total. The highest BCUT2D eigenvalue weighted by molar-refractivity contribution is 7.89. The molecule has 0 bridgehead atoms. The van der Waals surface area contributed by atoms with Gasteiger partial charge in [0.2, 0.25) is 10.0 Å². The smallest absolute Gasteiger partial charge is 0.293 e. The number of nitro benzene ring substituents is 1. The molecule has 3 N–H and O–H groups in total. The van der Waals surface area contributed by atoms with Crippen LogP contribution in [0.5, 0.6) is 0 Å². The summed E-state index contributed by atoms with van der Waals surface area (Å²) in [7, 11) is -7.59. The van der Waals surface area contributed by atoms with E-state index < -0.39 is 25.2 Å². The highest BCUT2D eigenvalue weighted by Crippen LogP contribution is 2.34. The second kappa shape index (κ2) is 9.14. The van der Waals surface area contributed by atoms with Crippen molar-refractivity contribution in [3.8, 4) is 0 Å². The van der Waals surface area contributed by atoms with Gasteiger partial charge in [0.05, 0.1) is 9.82 Å². The Morgan fingerprint density at radius 1 is 1.10 bits per heavy atom. The zero-order valence-electron chi connectivity index (χ0n) is 16.6. The summed E-state index contributed by atoms with van der Waals surface area (Å²) in [4.78, 5) is 12.9. The second-order valence-corrected chi connectivity index (χ2v) is 11.0. The average Bonchev–Trinajstić information content (AvgIpc) is 2.72. The summed E-state index contributed by atoms with van der Waals surface area (Å²) < 4.78 is 51.7. The van der Waals surface area contributed by atoms with Crippen LogP contribution in [0.2, 0.25) is 0 Å². The van der Waals surface area contributed by atoms with Crippen molar-refractivity contribution < 1.29 is 21.8 Å². The lowest BCUT2D eigenvalue weighted by Crippen LogP contribution is -2.42. The van der Waals surface area contributed by atoms with Gasteiger partial charge in [-0.25, -0.2) is 18.3 Å². The third-order valence-electron chi connectivity index (χ3n) is 5.53. The zero-order valence-corrected chi connectivity index (χ0v) is 18.2. The molecule has 0 aliphatic carbocycles. The van der Waals surface area contributed by atoms with E-state index in [-0.39, 0.29) is 23.0 Å². The zero-order chi connectivity index (χ0) is 21.9. The Balaban J connectivity index is 1.84. The fourth-order valence-corrected chi connectivity index (χ4v) is 6.02. The quantitative estimate of drug-likeness (QED) is 0.449. The third-order valence-corrected chi connectivity index (χ3v) is 7.99. The van der Waals surface area contributed by atoms with Crippen molar-refractivity contribution >= 4 is 31.6 Å². The Hall–Kier alpha value is -1.80. The number of nitrogens with one attached hydrogen (secondary N) is 1. The number of hydrogen-bond acceptors (Lipinski definition) is 7. The van der Waals surface area contributed by atoms with Gasteiger partial charge in [-0.2, -0.15) is 12.7 Å². The van der Waals surface area contributed by atoms with Crippen LogP contribution >= 0.6 is 0 Å². The van der Waals surface area contributed by atoms with E-state index in [9.17, 15) is 26.9 Å². The second-order valence-electron chi connectivity index (χ2n) is 7.72. The van der Waals surface area contributed by atoms with Crippen molar-refractivity contribution in [3.63, 3.8) is 0 Å². The molecule has 2 saturated heterocycles. The minimum Gasteiger partial charge on any atom is -0.366 e. The Morgan fingerprint density at radius 3 is 2.43 bits per heavy atom. The SMILES string of the molecule is NS(=O)(=O)NC[C@H]1CCCN(c2ccc(S(=O)(=O)N3CCCCC3)cc2[N+](=O)[O-])C1.